The molecule has 3 aromatic carbocycles. The van der Waals surface area contributed by atoms with Crippen LogP contribution < -0.4 is 10.2 Å². The number of halogens is 3. The summed E-state index contributed by atoms with van der Waals surface area (Å²) in [4.78, 5) is 32.0. The molecule has 1 N–H and O–H groups in total. The first-order valence-corrected chi connectivity index (χ1v) is 11.0. The second-order valence-electron chi connectivity index (χ2n) is 7.28. The molecule has 3 aromatic rings. The van der Waals surface area contributed by atoms with Gasteiger partial charge in [-0.2, -0.15) is 0 Å². The quantitative estimate of drug-likeness (QED) is 0.503. The molecule has 4 rings (SSSR count). The van der Waals surface area contributed by atoms with Gasteiger partial charge in [-0.15, -0.1) is 0 Å². The van der Waals surface area contributed by atoms with Crippen molar-refractivity contribution < 1.29 is 14.0 Å². The van der Waals surface area contributed by atoms with Crippen LogP contribution in [0.25, 0.3) is 0 Å². The van der Waals surface area contributed by atoms with Crippen molar-refractivity contribution in [3.05, 3.63) is 93.2 Å². The van der Waals surface area contributed by atoms with Crippen molar-refractivity contribution in [1.82, 2.24) is 0 Å². The van der Waals surface area contributed by atoms with E-state index in [-0.39, 0.29) is 18.1 Å². The predicted octanol–water partition coefficient (Wildman–Crippen LogP) is 5.45. The number of amides is 2. The van der Waals surface area contributed by atoms with Gasteiger partial charge in [0.2, 0.25) is 5.91 Å². The number of nitrogens with one attached hydrogen (secondary N) is 1. The fraction of sp³-hybridized carbons (Fsp3) is 0.125. The molecule has 1 atom stereocenters. The second-order valence-corrected chi connectivity index (χ2v) is 8.63. The fourth-order valence-corrected chi connectivity index (χ4v) is 4.01. The van der Waals surface area contributed by atoms with Gasteiger partial charge in [-0.25, -0.2) is 4.39 Å². The topological polar surface area (TPSA) is 61.8 Å². The summed E-state index contributed by atoms with van der Waals surface area (Å²) in [6.45, 7) is 1.38. The Balaban J connectivity index is 1.71. The number of carbonyl (C=O) groups is 2. The Kier molecular flexibility index (Phi) is 6.39. The monoisotopic (exact) mass is 513 g/mol. The average Bonchev–Trinajstić information content (AvgIpc) is 2.86. The van der Waals surface area contributed by atoms with Crippen molar-refractivity contribution >= 4 is 56.4 Å². The number of hydrogen-bond donors (Lipinski definition) is 1. The highest BCUT2D eigenvalue weighted by Crippen LogP contribution is 2.31. The van der Waals surface area contributed by atoms with E-state index in [2.05, 4.69) is 26.2 Å². The van der Waals surface area contributed by atoms with Crippen LogP contribution in [0, 0.1) is 5.82 Å². The van der Waals surface area contributed by atoms with Crippen molar-refractivity contribution in [2.75, 3.05) is 16.8 Å². The van der Waals surface area contributed by atoms with Crippen LogP contribution in [0.4, 0.5) is 15.8 Å². The number of hydrogen-bond acceptors (Lipinski definition) is 3. The maximum atomic E-state index is 14.2. The normalized spacial score (nSPS) is 15.6. The van der Waals surface area contributed by atoms with E-state index in [9.17, 15) is 14.0 Å². The van der Waals surface area contributed by atoms with E-state index in [0.717, 1.165) is 5.56 Å². The van der Waals surface area contributed by atoms with Crippen LogP contribution in [0.15, 0.2) is 76.2 Å². The lowest BCUT2D eigenvalue weighted by molar-refractivity contribution is -0.122. The Morgan fingerprint density at radius 1 is 1.16 bits per heavy atom. The summed E-state index contributed by atoms with van der Waals surface area (Å²) in [6.07, 6.45) is 0. The van der Waals surface area contributed by atoms with Crippen LogP contribution in [0.3, 0.4) is 0 Å². The van der Waals surface area contributed by atoms with Crippen LogP contribution in [0.5, 0.6) is 0 Å². The molecule has 1 aliphatic rings. The van der Waals surface area contributed by atoms with Gasteiger partial charge in [-0.05, 0) is 43.3 Å². The van der Waals surface area contributed by atoms with Gasteiger partial charge in [0, 0.05) is 20.6 Å². The molecule has 8 heteroatoms. The number of fused-ring (bicyclic) bond motifs is 1. The summed E-state index contributed by atoms with van der Waals surface area (Å²) in [5.41, 5.74) is 2.64. The first kappa shape index (κ1) is 22.2. The van der Waals surface area contributed by atoms with Crippen molar-refractivity contribution in [2.24, 2.45) is 4.99 Å². The molecular weight excluding hydrogens is 497 g/mol. The standard InChI is InChI=1S/C24H18BrClFN3O2/c1-14-24(32)30(13-22(31)29-20-9-7-16(25)11-19(20)27)21-10-8-17(26)12-18(21)23(28-14)15-5-3-2-4-6-15/h2-12,14H,13H2,1H3,(H,29,31)/t14-/m1/s1. The summed E-state index contributed by atoms with van der Waals surface area (Å²) < 4.78 is 14.7. The summed E-state index contributed by atoms with van der Waals surface area (Å²) in [7, 11) is 0. The van der Waals surface area contributed by atoms with Crippen LogP contribution in [-0.2, 0) is 9.59 Å². The second kappa shape index (κ2) is 9.22. The summed E-state index contributed by atoms with van der Waals surface area (Å²) in [5, 5.41) is 3.02. The summed E-state index contributed by atoms with van der Waals surface area (Å²) in [6, 6.07) is 18.2. The van der Waals surface area contributed by atoms with Crippen LogP contribution in [0.1, 0.15) is 18.1 Å². The third kappa shape index (κ3) is 4.59. The highest BCUT2D eigenvalue weighted by molar-refractivity contribution is 9.10. The average molecular weight is 515 g/mol. The van der Waals surface area contributed by atoms with Gasteiger partial charge < -0.3 is 10.2 Å². The van der Waals surface area contributed by atoms with Gasteiger partial charge >= 0.3 is 0 Å². The van der Waals surface area contributed by atoms with Crippen LogP contribution in [-0.4, -0.2) is 30.1 Å². The smallest absolute Gasteiger partial charge is 0.252 e. The molecule has 0 aromatic heterocycles. The third-order valence-corrected chi connectivity index (χ3v) is 5.73. The van der Waals surface area contributed by atoms with E-state index in [0.29, 0.717) is 26.5 Å². The number of anilines is 2. The first-order valence-electron chi connectivity index (χ1n) is 9.83. The molecule has 0 spiro atoms. The van der Waals surface area contributed by atoms with Crippen molar-refractivity contribution in [1.29, 1.82) is 0 Å². The van der Waals surface area contributed by atoms with Crippen LogP contribution >= 0.6 is 27.5 Å². The lowest BCUT2D eigenvalue weighted by Gasteiger charge is -2.24. The molecular formula is C24H18BrClFN3O2. The Morgan fingerprint density at radius 3 is 2.62 bits per heavy atom. The molecule has 1 aliphatic heterocycles. The Labute approximate surface area is 198 Å². The maximum absolute atomic E-state index is 14.2. The highest BCUT2D eigenvalue weighted by atomic mass is 79.9. The van der Waals surface area contributed by atoms with Gasteiger partial charge in [0.1, 0.15) is 18.4 Å². The molecule has 0 saturated heterocycles. The molecule has 1 heterocycles. The van der Waals surface area contributed by atoms with Crippen molar-refractivity contribution in [3.63, 3.8) is 0 Å². The van der Waals surface area contributed by atoms with E-state index >= 15 is 0 Å². The minimum Gasteiger partial charge on any atom is -0.322 e. The molecule has 0 saturated carbocycles. The van der Waals surface area contributed by atoms with Gasteiger partial charge in [0.25, 0.3) is 5.91 Å². The largest absolute Gasteiger partial charge is 0.322 e. The highest BCUT2D eigenvalue weighted by Gasteiger charge is 2.31. The molecule has 0 fully saturated rings. The minimum atomic E-state index is -0.728. The minimum absolute atomic E-state index is 0.0334. The Hall–Kier alpha value is -3.03. The molecule has 32 heavy (non-hydrogen) atoms. The number of nitrogens with zero attached hydrogens (tertiary/aromatic N) is 2. The molecule has 0 aliphatic carbocycles. The Bertz CT molecular complexity index is 1230. The van der Waals surface area contributed by atoms with Crippen molar-refractivity contribution in [3.8, 4) is 0 Å². The zero-order valence-electron chi connectivity index (χ0n) is 17.0. The zero-order valence-corrected chi connectivity index (χ0v) is 19.3. The molecule has 2 amide bonds. The van der Waals surface area contributed by atoms with Gasteiger partial charge in [0.15, 0.2) is 0 Å². The molecule has 0 unspecified atom stereocenters. The fourth-order valence-electron chi connectivity index (χ4n) is 3.51. The predicted molar refractivity (Wildman–Crippen MR) is 128 cm³/mol. The number of benzene rings is 3. The summed E-state index contributed by atoms with van der Waals surface area (Å²) in [5.74, 6) is -1.45. The zero-order chi connectivity index (χ0) is 22.8. The van der Waals surface area contributed by atoms with E-state index in [1.54, 1.807) is 31.2 Å². The molecule has 0 radical (unpaired) electrons. The number of rotatable bonds is 4. The number of aliphatic imine (C=N–C) groups is 1. The van der Waals surface area contributed by atoms with E-state index in [4.69, 9.17) is 11.6 Å². The molecule has 162 valence electrons. The van der Waals surface area contributed by atoms with Gasteiger partial charge in [-0.1, -0.05) is 57.9 Å². The molecule has 5 nitrogen and oxygen atoms in total. The summed E-state index contributed by atoms with van der Waals surface area (Å²) >= 11 is 9.45. The SMILES string of the molecule is C[C@H]1N=C(c2ccccc2)c2cc(Cl)ccc2N(CC(=O)Nc2ccc(Br)cc2F)C1=O. The molecule has 0 bridgehead atoms. The van der Waals surface area contributed by atoms with E-state index < -0.39 is 17.8 Å². The van der Waals surface area contributed by atoms with E-state index in [1.807, 2.05) is 30.3 Å². The number of carbonyl (C=O) groups excluding carboxylic acids is 2. The number of benzodiazepines with no additional fused rings is 1. The lowest BCUT2D eigenvalue weighted by Crippen LogP contribution is -2.42. The lowest BCUT2D eigenvalue weighted by atomic mass is 10.00. The third-order valence-electron chi connectivity index (χ3n) is 5.00. The van der Waals surface area contributed by atoms with Crippen LogP contribution in [0.2, 0.25) is 5.02 Å². The van der Waals surface area contributed by atoms with Gasteiger partial charge in [0.05, 0.1) is 17.1 Å². The maximum Gasteiger partial charge on any atom is 0.252 e. The van der Waals surface area contributed by atoms with Gasteiger partial charge in [-0.3, -0.25) is 14.6 Å². The van der Waals surface area contributed by atoms with E-state index in [1.165, 1.54) is 17.0 Å². The first-order chi connectivity index (χ1) is 15.3. The Morgan fingerprint density at radius 2 is 1.91 bits per heavy atom. The van der Waals surface area contributed by atoms with Crippen molar-refractivity contribution in [2.45, 2.75) is 13.0 Å².